The van der Waals surface area contributed by atoms with Crippen LogP contribution >= 0.6 is 0 Å². The highest BCUT2D eigenvalue weighted by Crippen LogP contribution is 2.24. The number of amides is 1. The molecule has 2 saturated heterocycles. The molecule has 2 fully saturated rings. The van der Waals surface area contributed by atoms with Gasteiger partial charge in [0.2, 0.25) is 0 Å². The fourth-order valence-electron chi connectivity index (χ4n) is 3.38. The SMILES string of the molecule is Cc1cccc(C(=O)N2CCN3CCCCC3C2)c1N. The number of carbonyl (C=O) groups excluding carboxylic acids is 1. The summed E-state index contributed by atoms with van der Waals surface area (Å²) in [6, 6.07) is 6.26. The van der Waals surface area contributed by atoms with E-state index >= 15 is 0 Å². The summed E-state index contributed by atoms with van der Waals surface area (Å²) < 4.78 is 0. The number of rotatable bonds is 1. The van der Waals surface area contributed by atoms with E-state index in [1.165, 1.54) is 25.8 Å². The smallest absolute Gasteiger partial charge is 0.256 e. The van der Waals surface area contributed by atoms with Gasteiger partial charge in [0.15, 0.2) is 0 Å². The zero-order chi connectivity index (χ0) is 14.1. The molecule has 0 bridgehead atoms. The number of piperazine rings is 1. The van der Waals surface area contributed by atoms with E-state index in [-0.39, 0.29) is 5.91 Å². The average molecular weight is 273 g/mol. The molecule has 1 amide bonds. The van der Waals surface area contributed by atoms with E-state index in [9.17, 15) is 4.79 Å². The molecule has 1 atom stereocenters. The summed E-state index contributed by atoms with van der Waals surface area (Å²) in [5, 5.41) is 0. The van der Waals surface area contributed by atoms with Crippen molar-refractivity contribution in [1.29, 1.82) is 0 Å². The number of hydrogen-bond donors (Lipinski definition) is 1. The average Bonchev–Trinajstić information content (AvgIpc) is 2.49. The second kappa shape index (κ2) is 5.44. The highest BCUT2D eigenvalue weighted by molar-refractivity contribution is 5.99. The van der Waals surface area contributed by atoms with Crippen LogP contribution in [0.5, 0.6) is 0 Å². The first-order valence-electron chi connectivity index (χ1n) is 7.55. The van der Waals surface area contributed by atoms with Crippen molar-refractivity contribution < 1.29 is 4.79 Å². The topological polar surface area (TPSA) is 49.6 Å². The number of hydrogen-bond acceptors (Lipinski definition) is 3. The summed E-state index contributed by atoms with van der Waals surface area (Å²) in [6.45, 7) is 5.82. The van der Waals surface area contributed by atoms with Crippen molar-refractivity contribution in [2.45, 2.75) is 32.2 Å². The Hall–Kier alpha value is -1.55. The number of nitrogens with zero attached hydrogens (tertiary/aromatic N) is 2. The molecule has 1 aromatic carbocycles. The third-order valence-electron chi connectivity index (χ3n) is 4.68. The standard InChI is InChI=1S/C16H23N3O/c1-12-5-4-7-14(15(12)17)16(20)19-10-9-18-8-3-2-6-13(18)11-19/h4-5,7,13H,2-3,6,8-11,17H2,1H3. The van der Waals surface area contributed by atoms with Crippen molar-refractivity contribution >= 4 is 11.6 Å². The van der Waals surface area contributed by atoms with Crippen LogP contribution < -0.4 is 5.73 Å². The molecule has 2 heterocycles. The van der Waals surface area contributed by atoms with E-state index in [0.29, 0.717) is 17.3 Å². The first-order chi connectivity index (χ1) is 9.66. The van der Waals surface area contributed by atoms with Crippen LogP contribution in [0.1, 0.15) is 35.2 Å². The molecule has 4 heteroatoms. The quantitative estimate of drug-likeness (QED) is 0.795. The fourth-order valence-corrected chi connectivity index (χ4v) is 3.38. The minimum Gasteiger partial charge on any atom is -0.398 e. The maximum Gasteiger partial charge on any atom is 0.256 e. The molecular formula is C16H23N3O. The molecule has 0 saturated carbocycles. The Morgan fingerprint density at radius 2 is 2.10 bits per heavy atom. The van der Waals surface area contributed by atoms with E-state index in [1.807, 2.05) is 30.0 Å². The molecule has 20 heavy (non-hydrogen) atoms. The van der Waals surface area contributed by atoms with Crippen molar-refractivity contribution in [3.05, 3.63) is 29.3 Å². The third-order valence-corrected chi connectivity index (χ3v) is 4.68. The van der Waals surface area contributed by atoms with Gasteiger partial charge in [0.05, 0.1) is 5.56 Å². The van der Waals surface area contributed by atoms with Crippen molar-refractivity contribution in [1.82, 2.24) is 9.80 Å². The zero-order valence-corrected chi connectivity index (χ0v) is 12.1. The number of nitrogen functional groups attached to an aromatic ring is 1. The first kappa shape index (κ1) is 13.4. The lowest BCUT2D eigenvalue weighted by molar-refractivity contribution is 0.0373. The molecule has 0 spiro atoms. The molecular weight excluding hydrogens is 250 g/mol. The van der Waals surface area contributed by atoms with E-state index in [2.05, 4.69) is 4.90 Å². The molecule has 2 aliphatic heterocycles. The molecule has 2 aliphatic rings. The lowest BCUT2D eigenvalue weighted by atomic mass is 9.98. The minimum atomic E-state index is 0.0939. The van der Waals surface area contributed by atoms with E-state index in [1.54, 1.807) is 0 Å². The normalized spacial score (nSPS) is 23.4. The van der Waals surface area contributed by atoms with Gasteiger partial charge in [0, 0.05) is 31.4 Å². The summed E-state index contributed by atoms with van der Waals surface area (Å²) in [5.41, 5.74) is 8.33. The van der Waals surface area contributed by atoms with Crippen molar-refractivity contribution in [3.8, 4) is 0 Å². The fraction of sp³-hybridized carbons (Fsp3) is 0.562. The maximum absolute atomic E-state index is 12.7. The van der Waals surface area contributed by atoms with Gasteiger partial charge in [-0.05, 0) is 37.9 Å². The Labute approximate surface area is 120 Å². The number of aryl methyl sites for hydroxylation is 1. The number of piperidine rings is 1. The summed E-state index contributed by atoms with van der Waals surface area (Å²) in [6.07, 6.45) is 3.80. The van der Waals surface area contributed by atoms with Crippen LogP contribution in [0.15, 0.2) is 18.2 Å². The van der Waals surface area contributed by atoms with Gasteiger partial charge in [0.1, 0.15) is 0 Å². The van der Waals surface area contributed by atoms with Crippen molar-refractivity contribution in [2.75, 3.05) is 31.9 Å². The maximum atomic E-state index is 12.7. The largest absolute Gasteiger partial charge is 0.398 e. The van der Waals surface area contributed by atoms with Gasteiger partial charge in [-0.2, -0.15) is 0 Å². The third kappa shape index (κ3) is 2.40. The predicted molar refractivity (Wildman–Crippen MR) is 80.7 cm³/mol. The Bertz CT molecular complexity index is 514. The summed E-state index contributed by atoms with van der Waals surface area (Å²) in [7, 11) is 0. The number of fused-ring (bicyclic) bond motifs is 1. The molecule has 2 N–H and O–H groups in total. The van der Waals surface area contributed by atoms with Crippen molar-refractivity contribution in [3.63, 3.8) is 0 Å². The van der Waals surface area contributed by atoms with Crippen LogP contribution in [0, 0.1) is 6.92 Å². The molecule has 0 aliphatic carbocycles. The first-order valence-corrected chi connectivity index (χ1v) is 7.55. The number of benzene rings is 1. The van der Waals surface area contributed by atoms with Gasteiger partial charge >= 0.3 is 0 Å². The lowest BCUT2D eigenvalue weighted by Crippen LogP contribution is -2.56. The molecule has 108 valence electrons. The summed E-state index contributed by atoms with van der Waals surface area (Å²) in [5.74, 6) is 0.0939. The second-order valence-corrected chi connectivity index (χ2v) is 5.97. The van der Waals surface area contributed by atoms with E-state index in [4.69, 9.17) is 5.73 Å². The number of para-hydroxylation sites is 1. The Balaban J connectivity index is 1.76. The van der Waals surface area contributed by atoms with Gasteiger partial charge in [-0.15, -0.1) is 0 Å². The molecule has 1 aromatic rings. The molecule has 0 aromatic heterocycles. The Morgan fingerprint density at radius 1 is 1.25 bits per heavy atom. The second-order valence-electron chi connectivity index (χ2n) is 5.97. The minimum absolute atomic E-state index is 0.0939. The number of carbonyl (C=O) groups is 1. The van der Waals surface area contributed by atoms with Crippen LogP contribution in [-0.4, -0.2) is 47.9 Å². The van der Waals surface area contributed by atoms with Crippen LogP contribution in [0.4, 0.5) is 5.69 Å². The van der Waals surface area contributed by atoms with Gasteiger partial charge in [-0.1, -0.05) is 18.6 Å². The van der Waals surface area contributed by atoms with Gasteiger partial charge in [0.25, 0.3) is 5.91 Å². The van der Waals surface area contributed by atoms with Crippen LogP contribution in [0.25, 0.3) is 0 Å². The Morgan fingerprint density at radius 3 is 2.95 bits per heavy atom. The monoisotopic (exact) mass is 273 g/mol. The zero-order valence-electron chi connectivity index (χ0n) is 12.1. The van der Waals surface area contributed by atoms with Gasteiger partial charge in [-0.25, -0.2) is 0 Å². The molecule has 4 nitrogen and oxygen atoms in total. The molecule has 1 unspecified atom stereocenters. The number of nitrogens with two attached hydrogens (primary N) is 1. The highest BCUT2D eigenvalue weighted by Gasteiger charge is 2.31. The van der Waals surface area contributed by atoms with Crippen molar-refractivity contribution in [2.24, 2.45) is 0 Å². The summed E-state index contributed by atoms with van der Waals surface area (Å²) in [4.78, 5) is 17.2. The lowest BCUT2D eigenvalue weighted by Gasteiger charge is -2.44. The van der Waals surface area contributed by atoms with Crippen LogP contribution in [0.2, 0.25) is 0 Å². The van der Waals surface area contributed by atoms with Gasteiger partial charge in [-0.3, -0.25) is 9.69 Å². The Kier molecular flexibility index (Phi) is 3.66. The molecule has 3 rings (SSSR count). The van der Waals surface area contributed by atoms with E-state index in [0.717, 1.165) is 25.2 Å². The molecule has 0 radical (unpaired) electrons. The predicted octanol–water partition coefficient (Wildman–Crippen LogP) is 1.89. The van der Waals surface area contributed by atoms with Gasteiger partial charge < -0.3 is 10.6 Å². The highest BCUT2D eigenvalue weighted by atomic mass is 16.2. The summed E-state index contributed by atoms with van der Waals surface area (Å²) >= 11 is 0. The van der Waals surface area contributed by atoms with Crippen LogP contribution in [0.3, 0.4) is 0 Å². The number of anilines is 1. The van der Waals surface area contributed by atoms with Crippen LogP contribution in [-0.2, 0) is 0 Å². The van der Waals surface area contributed by atoms with E-state index < -0.39 is 0 Å².